The largest absolute Gasteiger partial charge is 0.435 e. The number of hydrogen-bond donors (Lipinski definition) is 0. The predicted molar refractivity (Wildman–Crippen MR) is 93.5 cm³/mol. The third kappa shape index (κ3) is 4.56. The molecule has 2 aromatic carbocycles. The molecule has 25 heavy (non-hydrogen) atoms. The van der Waals surface area contributed by atoms with Gasteiger partial charge in [0.25, 0.3) is 0 Å². The first kappa shape index (κ1) is 17.8. The summed E-state index contributed by atoms with van der Waals surface area (Å²) in [7, 11) is 0. The molecule has 0 saturated heterocycles. The van der Waals surface area contributed by atoms with Crippen molar-refractivity contribution >= 4 is 0 Å². The lowest BCUT2D eigenvalue weighted by Gasteiger charge is -2.16. The van der Waals surface area contributed by atoms with Gasteiger partial charge in [0.2, 0.25) is 0 Å². The van der Waals surface area contributed by atoms with Crippen molar-refractivity contribution in [3.8, 4) is 16.9 Å². The molecule has 1 fully saturated rings. The van der Waals surface area contributed by atoms with Gasteiger partial charge in [-0.15, -0.1) is 0 Å². The smallest absolute Gasteiger partial charge is 0.387 e. The third-order valence-electron chi connectivity index (χ3n) is 5.11. The Morgan fingerprint density at radius 1 is 0.960 bits per heavy atom. The molecule has 0 bridgehead atoms. The van der Waals surface area contributed by atoms with Crippen molar-refractivity contribution in [2.45, 2.75) is 51.6 Å². The van der Waals surface area contributed by atoms with Crippen LogP contribution in [0.2, 0.25) is 0 Å². The van der Waals surface area contributed by atoms with E-state index in [0.717, 1.165) is 24.3 Å². The topological polar surface area (TPSA) is 9.23 Å². The zero-order valence-electron chi connectivity index (χ0n) is 14.4. The van der Waals surface area contributed by atoms with Crippen LogP contribution in [-0.4, -0.2) is 6.61 Å². The first-order valence-electron chi connectivity index (χ1n) is 8.87. The van der Waals surface area contributed by atoms with Crippen LogP contribution in [0.4, 0.5) is 13.2 Å². The van der Waals surface area contributed by atoms with Crippen molar-refractivity contribution in [1.29, 1.82) is 0 Å². The van der Waals surface area contributed by atoms with Crippen molar-refractivity contribution in [2.75, 3.05) is 0 Å². The summed E-state index contributed by atoms with van der Waals surface area (Å²) in [5.74, 6) is 0.985. The maximum Gasteiger partial charge on any atom is 0.387 e. The number of benzene rings is 2. The second-order valence-electron chi connectivity index (χ2n) is 6.95. The zero-order chi connectivity index (χ0) is 17.8. The number of hydrogen-bond acceptors (Lipinski definition) is 1. The molecule has 0 amide bonds. The molecule has 0 N–H and O–H groups in total. The van der Waals surface area contributed by atoms with Crippen molar-refractivity contribution in [3.63, 3.8) is 0 Å². The van der Waals surface area contributed by atoms with Crippen molar-refractivity contribution < 1.29 is 17.9 Å². The summed E-state index contributed by atoms with van der Waals surface area (Å²) in [6.45, 7) is -0.572. The van der Waals surface area contributed by atoms with Gasteiger partial charge in [-0.1, -0.05) is 50.5 Å². The molecule has 1 aliphatic rings. The van der Waals surface area contributed by atoms with E-state index in [1.165, 1.54) is 31.4 Å². The van der Waals surface area contributed by atoms with E-state index in [0.29, 0.717) is 17.0 Å². The van der Waals surface area contributed by atoms with Crippen LogP contribution in [-0.2, 0) is 0 Å². The van der Waals surface area contributed by atoms with Crippen LogP contribution in [0.25, 0.3) is 11.1 Å². The maximum absolute atomic E-state index is 14.6. The highest BCUT2D eigenvalue weighted by Gasteiger charge is 2.19. The summed E-state index contributed by atoms with van der Waals surface area (Å²) < 4.78 is 43.4. The SMILES string of the molecule is CC1CCCC(c2ccc(-c3ccc(OC(F)F)cc3)c(F)c2)CC1. The Bertz CT molecular complexity index is 697. The van der Waals surface area contributed by atoms with E-state index in [9.17, 15) is 13.2 Å². The molecule has 2 atom stereocenters. The van der Waals surface area contributed by atoms with Gasteiger partial charge in [0.15, 0.2) is 0 Å². The number of alkyl halides is 2. The molecule has 0 heterocycles. The van der Waals surface area contributed by atoms with Crippen molar-refractivity contribution in [3.05, 3.63) is 53.8 Å². The average Bonchev–Trinajstić information content (AvgIpc) is 2.80. The fraction of sp³-hybridized carbons (Fsp3) is 0.429. The average molecular weight is 348 g/mol. The minimum atomic E-state index is -2.86. The summed E-state index contributed by atoms with van der Waals surface area (Å²) in [4.78, 5) is 0. The molecular formula is C21H23F3O. The molecule has 1 nitrogen and oxygen atoms in total. The van der Waals surface area contributed by atoms with Gasteiger partial charge in [-0.2, -0.15) is 8.78 Å². The Morgan fingerprint density at radius 3 is 2.40 bits per heavy atom. The molecule has 1 saturated carbocycles. The molecule has 1 aliphatic carbocycles. The zero-order valence-corrected chi connectivity index (χ0v) is 14.4. The molecule has 2 aromatic rings. The van der Waals surface area contributed by atoms with Crippen LogP contribution >= 0.6 is 0 Å². The summed E-state index contributed by atoms with van der Waals surface area (Å²) in [6, 6.07) is 11.5. The van der Waals surface area contributed by atoms with Crippen LogP contribution in [0.1, 0.15) is 50.5 Å². The lowest BCUT2D eigenvalue weighted by atomic mass is 9.90. The van der Waals surface area contributed by atoms with Gasteiger partial charge < -0.3 is 4.74 Å². The molecule has 134 valence electrons. The Morgan fingerprint density at radius 2 is 1.72 bits per heavy atom. The quantitative estimate of drug-likeness (QED) is 0.554. The fourth-order valence-corrected chi connectivity index (χ4v) is 3.66. The highest BCUT2D eigenvalue weighted by molar-refractivity contribution is 5.65. The van der Waals surface area contributed by atoms with E-state index in [1.54, 1.807) is 24.3 Å². The molecule has 0 spiro atoms. The summed E-state index contributed by atoms with van der Waals surface area (Å²) in [6.07, 6.45) is 5.87. The van der Waals surface area contributed by atoms with Gasteiger partial charge in [0.05, 0.1) is 0 Å². The Hall–Kier alpha value is -1.97. The number of rotatable bonds is 4. The van der Waals surface area contributed by atoms with E-state index in [4.69, 9.17) is 0 Å². The van der Waals surface area contributed by atoms with Gasteiger partial charge >= 0.3 is 6.61 Å². The number of halogens is 3. The molecule has 0 radical (unpaired) electrons. The lowest BCUT2D eigenvalue weighted by molar-refractivity contribution is -0.0498. The predicted octanol–water partition coefficient (Wildman–Crippen LogP) is 6.78. The van der Waals surface area contributed by atoms with Crippen LogP contribution in [0.3, 0.4) is 0 Å². The maximum atomic E-state index is 14.6. The van der Waals surface area contributed by atoms with Crippen LogP contribution in [0.5, 0.6) is 5.75 Å². The minimum Gasteiger partial charge on any atom is -0.435 e. The first-order chi connectivity index (χ1) is 12.0. The van der Waals surface area contributed by atoms with Gasteiger partial charge in [0, 0.05) is 5.56 Å². The van der Waals surface area contributed by atoms with Crippen LogP contribution < -0.4 is 4.74 Å². The lowest BCUT2D eigenvalue weighted by Crippen LogP contribution is -2.01. The molecule has 3 rings (SSSR count). The van der Waals surface area contributed by atoms with Crippen LogP contribution in [0, 0.1) is 11.7 Å². The van der Waals surface area contributed by atoms with E-state index >= 15 is 0 Å². The Labute approximate surface area is 146 Å². The van der Waals surface area contributed by atoms with E-state index in [1.807, 2.05) is 6.07 Å². The van der Waals surface area contributed by atoms with Crippen molar-refractivity contribution in [1.82, 2.24) is 0 Å². The molecular weight excluding hydrogens is 325 g/mol. The Balaban J connectivity index is 1.77. The summed E-state index contributed by atoms with van der Waals surface area (Å²) >= 11 is 0. The number of ether oxygens (including phenoxy) is 1. The van der Waals surface area contributed by atoms with E-state index in [2.05, 4.69) is 11.7 Å². The summed E-state index contributed by atoms with van der Waals surface area (Å²) in [5.41, 5.74) is 2.20. The standard InChI is InChI=1S/C21H23F3O/c1-14-3-2-4-15(6-5-14)17-9-12-19(20(22)13-17)16-7-10-18(11-8-16)25-21(23)24/h7-15,21H,2-6H2,1H3. The molecule has 4 heteroatoms. The molecule has 0 aliphatic heterocycles. The molecule has 0 aromatic heterocycles. The van der Waals surface area contributed by atoms with Gasteiger partial charge in [-0.3, -0.25) is 0 Å². The summed E-state index contributed by atoms with van der Waals surface area (Å²) in [5, 5.41) is 0. The molecule has 2 unspecified atom stereocenters. The van der Waals surface area contributed by atoms with E-state index < -0.39 is 6.61 Å². The van der Waals surface area contributed by atoms with Gasteiger partial charge in [0.1, 0.15) is 11.6 Å². The first-order valence-corrected chi connectivity index (χ1v) is 8.87. The normalized spacial score (nSPS) is 21.2. The fourth-order valence-electron chi connectivity index (χ4n) is 3.66. The highest BCUT2D eigenvalue weighted by atomic mass is 19.3. The van der Waals surface area contributed by atoms with Gasteiger partial charge in [-0.25, -0.2) is 4.39 Å². The highest BCUT2D eigenvalue weighted by Crippen LogP contribution is 2.36. The van der Waals surface area contributed by atoms with E-state index in [-0.39, 0.29) is 11.6 Å². The third-order valence-corrected chi connectivity index (χ3v) is 5.11. The second kappa shape index (κ2) is 7.94. The monoisotopic (exact) mass is 348 g/mol. The second-order valence-corrected chi connectivity index (χ2v) is 6.95. The van der Waals surface area contributed by atoms with Crippen LogP contribution in [0.15, 0.2) is 42.5 Å². The Kier molecular flexibility index (Phi) is 5.67. The minimum absolute atomic E-state index is 0.0725. The van der Waals surface area contributed by atoms with Crippen molar-refractivity contribution in [2.24, 2.45) is 5.92 Å². The van der Waals surface area contributed by atoms with Gasteiger partial charge in [-0.05, 0) is 54.0 Å².